The highest BCUT2D eigenvalue weighted by molar-refractivity contribution is 6.24. The SMILES string of the molecule is c1ccc2c(c1)oc1c(-c3ccc(-c4ccc(-c5ccc(-c6cnc7c8ccccc8c8ccccc8c7n6)cc5)cc4)cc3)c3c(cc12)oc1ccccc13. The number of fused-ring (bicyclic) bond motifs is 12. The molecule has 0 N–H and O–H groups in total. The lowest BCUT2D eigenvalue weighted by Gasteiger charge is -2.11. The zero-order valence-corrected chi connectivity index (χ0v) is 30.0. The van der Waals surface area contributed by atoms with E-state index in [4.69, 9.17) is 18.8 Å². The first-order chi connectivity index (χ1) is 27.7. The van der Waals surface area contributed by atoms with Gasteiger partial charge in [-0.15, -0.1) is 0 Å². The number of hydrogen-bond acceptors (Lipinski definition) is 4. The molecule has 0 aliphatic carbocycles. The van der Waals surface area contributed by atoms with E-state index in [1.807, 2.05) is 30.5 Å². The van der Waals surface area contributed by atoms with Crippen LogP contribution in [0.3, 0.4) is 0 Å². The zero-order chi connectivity index (χ0) is 36.7. The van der Waals surface area contributed by atoms with Crippen LogP contribution in [0.15, 0.2) is 191 Å². The van der Waals surface area contributed by atoms with Crippen molar-refractivity contribution in [3.8, 4) is 44.6 Å². The van der Waals surface area contributed by atoms with Crippen LogP contribution in [0.5, 0.6) is 0 Å². The molecule has 260 valence electrons. The van der Waals surface area contributed by atoms with Gasteiger partial charge in [-0.2, -0.15) is 0 Å². The van der Waals surface area contributed by atoms with Gasteiger partial charge in [-0.3, -0.25) is 4.98 Å². The molecule has 0 aliphatic heterocycles. The fourth-order valence-electron chi connectivity index (χ4n) is 8.62. The smallest absolute Gasteiger partial charge is 0.144 e. The molecule has 0 amide bonds. The van der Waals surface area contributed by atoms with Gasteiger partial charge in [0.25, 0.3) is 0 Å². The summed E-state index contributed by atoms with van der Waals surface area (Å²) < 4.78 is 13.0. The van der Waals surface area contributed by atoms with Crippen molar-refractivity contribution in [3.63, 3.8) is 0 Å². The molecule has 0 bridgehead atoms. The number of rotatable bonds is 4. The summed E-state index contributed by atoms with van der Waals surface area (Å²) in [7, 11) is 0. The third-order valence-corrected chi connectivity index (χ3v) is 11.3. The lowest BCUT2D eigenvalue weighted by atomic mass is 9.94. The molecule has 3 aromatic heterocycles. The number of para-hydroxylation sites is 2. The minimum absolute atomic E-state index is 0.862. The predicted octanol–water partition coefficient (Wildman–Crippen LogP) is 14.4. The Morgan fingerprint density at radius 1 is 0.339 bits per heavy atom. The van der Waals surface area contributed by atoms with Crippen molar-refractivity contribution >= 4 is 76.5 Å². The molecule has 0 fully saturated rings. The lowest BCUT2D eigenvalue weighted by Crippen LogP contribution is -1.92. The van der Waals surface area contributed by atoms with Gasteiger partial charge in [0.1, 0.15) is 22.3 Å². The zero-order valence-electron chi connectivity index (χ0n) is 30.0. The van der Waals surface area contributed by atoms with E-state index in [1.165, 1.54) is 10.8 Å². The van der Waals surface area contributed by atoms with E-state index >= 15 is 0 Å². The van der Waals surface area contributed by atoms with Gasteiger partial charge in [-0.25, -0.2) is 4.98 Å². The lowest BCUT2D eigenvalue weighted by molar-refractivity contribution is 0.664. The highest BCUT2D eigenvalue weighted by atomic mass is 16.3. The summed E-state index contributed by atoms with van der Waals surface area (Å²) in [6, 6.07) is 61.7. The average molecular weight is 715 g/mol. The van der Waals surface area contributed by atoms with Crippen LogP contribution in [0.25, 0.3) is 121 Å². The number of nitrogens with zero attached hydrogens (tertiary/aromatic N) is 2. The molecule has 0 spiro atoms. The number of hydrogen-bond donors (Lipinski definition) is 0. The minimum Gasteiger partial charge on any atom is -0.456 e. The Bertz CT molecular complexity index is 3460. The molecule has 4 nitrogen and oxygen atoms in total. The molecular weight excluding hydrogens is 685 g/mol. The van der Waals surface area contributed by atoms with Crippen molar-refractivity contribution < 1.29 is 8.83 Å². The van der Waals surface area contributed by atoms with Crippen LogP contribution in [0.2, 0.25) is 0 Å². The van der Waals surface area contributed by atoms with Gasteiger partial charge < -0.3 is 8.83 Å². The summed E-state index contributed by atoms with van der Waals surface area (Å²) in [5, 5.41) is 8.94. The van der Waals surface area contributed by atoms with Crippen molar-refractivity contribution in [2.75, 3.05) is 0 Å². The van der Waals surface area contributed by atoms with Gasteiger partial charge >= 0.3 is 0 Å². The Labute approximate surface area is 320 Å². The largest absolute Gasteiger partial charge is 0.456 e. The van der Waals surface area contributed by atoms with E-state index in [2.05, 4.69) is 152 Å². The number of benzene rings is 9. The van der Waals surface area contributed by atoms with Gasteiger partial charge in [-0.05, 0) is 56.8 Å². The maximum absolute atomic E-state index is 6.57. The molecule has 9 aromatic carbocycles. The molecule has 12 rings (SSSR count). The summed E-state index contributed by atoms with van der Waals surface area (Å²) in [4.78, 5) is 10.1. The van der Waals surface area contributed by atoms with Crippen LogP contribution < -0.4 is 0 Å². The molecule has 0 aliphatic rings. The minimum atomic E-state index is 0.862. The second-order valence-corrected chi connectivity index (χ2v) is 14.5. The van der Waals surface area contributed by atoms with Crippen molar-refractivity contribution in [2.24, 2.45) is 0 Å². The second-order valence-electron chi connectivity index (χ2n) is 14.5. The standard InChI is InChI=1S/C52H30N2O2/c1-3-12-40-37(9-1)38-10-2-4-13-41(38)51-50(40)53-30-44(54-51)35-25-21-33(22-26-35)31-17-19-32(20-18-31)34-23-27-36(28-24-34)48-49-42-14-6-8-16-46(42)55-47(49)29-43-39-11-5-7-15-45(39)56-52(43)48/h1-30H. The summed E-state index contributed by atoms with van der Waals surface area (Å²) in [6.45, 7) is 0. The molecule has 3 heterocycles. The Balaban J connectivity index is 0.869. The predicted molar refractivity (Wildman–Crippen MR) is 231 cm³/mol. The number of furan rings is 2. The van der Waals surface area contributed by atoms with E-state index in [0.29, 0.717) is 0 Å². The van der Waals surface area contributed by atoms with E-state index in [1.54, 1.807) is 0 Å². The summed E-state index contributed by atoms with van der Waals surface area (Å²) in [5.74, 6) is 0. The molecule has 0 radical (unpaired) electrons. The van der Waals surface area contributed by atoms with Gasteiger partial charge in [0.05, 0.1) is 22.9 Å². The molecule has 0 unspecified atom stereocenters. The first kappa shape index (κ1) is 30.9. The Morgan fingerprint density at radius 3 is 1.41 bits per heavy atom. The fourth-order valence-corrected chi connectivity index (χ4v) is 8.62. The van der Waals surface area contributed by atoms with Crippen LogP contribution in [-0.4, -0.2) is 9.97 Å². The Hall–Kier alpha value is -7.56. The molecule has 4 heteroatoms. The van der Waals surface area contributed by atoms with Crippen LogP contribution in [0.1, 0.15) is 0 Å². The maximum Gasteiger partial charge on any atom is 0.144 e. The van der Waals surface area contributed by atoms with E-state index in [9.17, 15) is 0 Å². The van der Waals surface area contributed by atoms with Gasteiger partial charge in [-0.1, -0.05) is 158 Å². The molecule has 0 saturated carbocycles. The Kier molecular flexibility index (Phi) is 6.60. The fraction of sp³-hybridized carbons (Fsp3) is 0. The molecular formula is C52H30N2O2. The van der Waals surface area contributed by atoms with Crippen molar-refractivity contribution in [2.45, 2.75) is 0 Å². The van der Waals surface area contributed by atoms with Crippen molar-refractivity contribution in [1.29, 1.82) is 0 Å². The molecule has 0 saturated heterocycles. The third kappa shape index (κ3) is 4.66. The topological polar surface area (TPSA) is 52.1 Å². The van der Waals surface area contributed by atoms with Crippen LogP contribution in [0, 0.1) is 0 Å². The highest BCUT2D eigenvalue weighted by Gasteiger charge is 2.21. The first-order valence-electron chi connectivity index (χ1n) is 18.9. The highest BCUT2D eigenvalue weighted by Crippen LogP contribution is 2.45. The van der Waals surface area contributed by atoms with Gasteiger partial charge in [0.2, 0.25) is 0 Å². The van der Waals surface area contributed by atoms with Crippen LogP contribution in [-0.2, 0) is 0 Å². The summed E-state index contributed by atoms with van der Waals surface area (Å²) in [5.41, 5.74) is 14.0. The molecule has 12 aromatic rings. The van der Waals surface area contributed by atoms with E-state index < -0.39 is 0 Å². The summed E-state index contributed by atoms with van der Waals surface area (Å²) >= 11 is 0. The van der Waals surface area contributed by atoms with Crippen molar-refractivity contribution in [1.82, 2.24) is 9.97 Å². The first-order valence-corrected chi connectivity index (χ1v) is 18.9. The monoisotopic (exact) mass is 714 g/mol. The van der Waals surface area contributed by atoms with E-state index in [0.717, 1.165) is 110 Å². The number of aromatic nitrogens is 2. The van der Waals surface area contributed by atoms with Crippen molar-refractivity contribution in [3.05, 3.63) is 182 Å². The third-order valence-electron chi connectivity index (χ3n) is 11.3. The molecule has 56 heavy (non-hydrogen) atoms. The van der Waals surface area contributed by atoms with Gasteiger partial charge in [0.15, 0.2) is 0 Å². The second kappa shape index (κ2) is 12.0. The Morgan fingerprint density at radius 2 is 0.804 bits per heavy atom. The maximum atomic E-state index is 6.57. The normalized spacial score (nSPS) is 11.9. The van der Waals surface area contributed by atoms with E-state index in [-0.39, 0.29) is 0 Å². The van der Waals surface area contributed by atoms with Crippen LogP contribution >= 0.6 is 0 Å². The van der Waals surface area contributed by atoms with Gasteiger partial charge in [0, 0.05) is 43.4 Å². The average Bonchev–Trinajstić information content (AvgIpc) is 3.84. The molecule has 0 atom stereocenters. The quantitative estimate of drug-likeness (QED) is 0.170. The van der Waals surface area contributed by atoms with Crippen LogP contribution in [0.4, 0.5) is 0 Å². The summed E-state index contributed by atoms with van der Waals surface area (Å²) in [6.07, 6.45) is 1.90.